The number of methoxy groups -OCH3 is 1. The van der Waals surface area contributed by atoms with E-state index in [9.17, 15) is 4.79 Å². The molecule has 0 fully saturated rings. The average molecular weight is 246 g/mol. The molecule has 2 rings (SSSR count). The van der Waals surface area contributed by atoms with Gasteiger partial charge in [-0.05, 0) is 24.5 Å². The van der Waals surface area contributed by atoms with Crippen LogP contribution < -0.4 is 0 Å². The van der Waals surface area contributed by atoms with Gasteiger partial charge in [0.25, 0.3) is 0 Å². The summed E-state index contributed by atoms with van der Waals surface area (Å²) in [5, 5.41) is 1.03. The molecule has 3 heteroatoms. The number of para-hydroxylation sites is 1. The van der Waals surface area contributed by atoms with Gasteiger partial charge in [-0.2, -0.15) is 0 Å². The number of furan rings is 1. The second kappa shape index (κ2) is 4.84. The highest BCUT2D eigenvalue weighted by atomic mass is 16.5. The Hall–Kier alpha value is -1.77. The summed E-state index contributed by atoms with van der Waals surface area (Å²) in [6, 6.07) is 7.91. The monoisotopic (exact) mass is 246 g/mol. The van der Waals surface area contributed by atoms with Gasteiger partial charge in [-0.25, -0.2) is 0 Å². The highest BCUT2D eigenvalue weighted by Gasteiger charge is 2.28. The van der Waals surface area contributed by atoms with E-state index >= 15 is 0 Å². The minimum absolute atomic E-state index is 0.137. The van der Waals surface area contributed by atoms with Crippen LogP contribution in [0.15, 0.2) is 28.7 Å². The van der Waals surface area contributed by atoms with Crippen LogP contribution in [0.5, 0.6) is 0 Å². The molecule has 0 N–H and O–H groups in total. The van der Waals surface area contributed by atoms with Gasteiger partial charge in [0.05, 0.1) is 7.11 Å². The molecule has 2 aromatic rings. The van der Waals surface area contributed by atoms with E-state index in [1.807, 2.05) is 45.0 Å². The van der Waals surface area contributed by atoms with Crippen molar-refractivity contribution >= 4 is 16.9 Å². The molecule has 1 heterocycles. The minimum atomic E-state index is -0.346. The fraction of sp³-hybridized carbons (Fsp3) is 0.400. The van der Waals surface area contributed by atoms with Gasteiger partial charge >= 0.3 is 5.97 Å². The molecular weight excluding hydrogens is 228 g/mol. The summed E-state index contributed by atoms with van der Waals surface area (Å²) in [4.78, 5) is 11.8. The molecule has 0 aliphatic carbocycles. The van der Waals surface area contributed by atoms with Crippen LogP contribution in [0.1, 0.15) is 31.1 Å². The minimum Gasteiger partial charge on any atom is -0.468 e. The van der Waals surface area contributed by atoms with Crippen LogP contribution in [0.2, 0.25) is 0 Å². The highest BCUT2D eigenvalue weighted by molar-refractivity contribution is 5.84. The molecule has 18 heavy (non-hydrogen) atoms. The number of esters is 1. The number of carbonyl (C=O) groups is 1. The molecule has 0 aliphatic rings. The third-order valence-electron chi connectivity index (χ3n) is 3.19. The lowest BCUT2D eigenvalue weighted by Crippen LogP contribution is -2.18. The Morgan fingerprint density at radius 3 is 2.61 bits per heavy atom. The number of rotatable bonds is 3. The summed E-state index contributed by atoms with van der Waals surface area (Å²) in [5.74, 6) is 0.225. The molecule has 0 aliphatic heterocycles. The smallest absolute Gasteiger partial charge is 0.316 e. The van der Waals surface area contributed by atoms with Crippen molar-refractivity contribution < 1.29 is 13.9 Å². The molecule has 0 spiro atoms. The zero-order chi connectivity index (χ0) is 13.3. The molecule has 0 saturated heterocycles. The van der Waals surface area contributed by atoms with Crippen molar-refractivity contribution in [3.63, 3.8) is 0 Å². The molecule has 3 nitrogen and oxygen atoms in total. The first-order valence-electron chi connectivity index (χ1n) is 6.11. The first kappa shape index (κ1) is 12.7. The fourth-order valence-electron chi connectivity index (χ4n) is 2.23. The number of benzene rings is 1. The molecule has 1 aromatic heterocycles. The number of aryl methyl sites for hydroxylation is 1. The van der Waals surface area contributed by atoms with Crippen molar-refractivity contribution in [1.29, 1.82) is 0 Å². The van der Waals surface area contributed by atoms with Gasteiger partial charge in [-0.3, -0.25) is 4.79 Å². The van der Waals surface area contributed by atoms with E-state index in [-0.39, 0.29) is 17.8 Å². The van der Waals surface area contributed by atoms with E-state index in [4.69, 9.17) is 9.15 Å². The maximum atomic E-state index is 11.8. The van der Waals surface area contributed by atoms with Gasteiger partial charge in [0, 0.05) is 5.39 Å². The maximum absolute atomic E-state index is 11.8. The fourth-order valence-corrected chi connectivity index (χ4v) is 2.23. The molecular formula is C15H18O3. The highest BCUT2D eigenvalue weighted by Crippen LogP contribution is 2.32. The lowest BCUT2D eigenvalue weighted by Gasteiger charge is -2.15. The molecule has 0 amide bonds. The molecule has 1 unspecified atom stereocenters. The predicted molar refractivity (Wildman–Crippen MR) is 70.5 cm³/mol. The summed E-state index contributed by atoms with van der Waals surface area (Å²) >= 11 is 0. The number of carbonyl (C=O) groups excluding carboxylic acids is 1. The van der Waals surface area contributed by atoms with Crippen molar-refractivity contribution in [3.8, 4) is 0 Å². The van der Waals surface area contributed by atoms with Crippen LogP contribution in [0, 0.1) is 12.8 Å². The Labute approximate surface area is 107 Å². The zero-order valence-corrected chi connectivity index (χ0v) is 11.2. The van der Waals surface area contributed by atoms with E-state index in [2.05, 4.69) is 0 Å². The van der Waals surface area contributed by atoms with Crippen molar-refractivity contribution in [1.82, 2.24) is 0 Å². The van der Waals surface area contributed by atoms with Gasteiger partial charge in [-0.1, -0.05) is 32.0 Å². The normalized spacial score (nSPS) is 12.9. The van der Waals surface area contributed by atoms with Gasteiger partial charge in [-0.15, -0.1) is 0 Å². The molecule has 1 aromatic carbocycles. The first-order valence-corrected chi connectivity index (χ1v) is 6.11. The van der Waals surface area contributed by atoms with Gasteiger partial charge in [0.2, 0.25) is 0 Å². The molecule has 96 valence electrons. The molecule has 1 atom stereocenters. The van der Waals surface area contributed by atoms with Gasteiger partial charge in [0.15, 0.2) is 0 Å². The van der Waals surface area contributed by atoms with Crippen molar-refractivity contribution in [2.75, 3.05) is 7.11 Å². The SMILES string of the molecule is COC(=O)C(c1cc2cccc(C)c2o1)C(C)C. The Morgan fingerprint density at radius 2 is 2.06 bits per heavy atom. The van der Waals surface area contributed by atoms with Crippen molar-refractivity contribution in [2.24, 2.45) is 5.92 Å². The largest absolute Gasteiger partial charge is 0.468 e. The maximum Gasteiger partial charge on any atom is 0.316 e. The van der Waals surface area contributed by atoms with Crippen LogP contribution in [-0.4, -0.2) is 13.1 Å². The quantitative estimate of drug-likeness (QED) is 0.776. The second-order valence-corrected chi connectivity index (χ2v) is 4.89. The number of hydrogen-bond acceptors (Lipinski definition) is 3. The lowest BCUT2D eigenvalue weighted by molar-refractivity contribution is -0.144. The predicted octanol–water partition coefficient (Wildman–Crippen LogP) is 3.65. The van der Waals surface area contributed by atoms with E-state index in [1.165, 1.54) is 7.11 Å². The molecule has 0 saturated carbocycles. The van der Waals surface area contributed by atoms with Crippen LogP contribution in [0.3, 0.4) is 0 Å². The third kappa shape index (κ3) is 2.13. The van der Waals surface area contributed by atoms with Crippen LogP contribution in [-0.2, 0) is 9.53 Å². The zero-order valence-electron chi connectivity index (χ0n) is 11.2. The summed E-state index contributed by atoms with van der Waals surface area (Å²) in [6.07, 6.45) is 0. The first-order chi connectivity index (χ1) is 8.54. The Morgan fingerprint density at radius 1 is 1.33 bits per heavy atom. The Kier molecular flexibility index (Phi) is 3.41. The van der Waals surface area contributed by atoms with E-state index in [0.717, 1.165) is 16.5 Å². The Balaban J connectivity index is 2.52. The lowest BCUT2D eigenvalue weighted by atomic mass is 9.93. The summed E-state index contributed by atoms with van der Waals surface area (Å²) in [6.45, 7) is 5.97. The van der Waals surface area contributed by atoms with Crippen molar-refractivity contribution in [3.05, 3.63) is 35.6 Å². The van der Waals surface area contributed by atoms with Gasteiger partial charge < -0.3 is 9.15 Å². The van der Waals surface area contributed by atoms with E-state index in [0.29, 0.717) is 5.76 Å². The summed E-state index contributed by atoms with van der Waals surface area (Å²) < 4.78 is 10.7. The van der Waals surface area contributed by atoms with Crippen molar-refractivity contribution in [2.45, 2.75) is 26.7 Å². The summed E-state index contributed by atoms with van der Waals surface area (Å²) in [7, 11) is 1.41. The number of ether oxygens (including phenoxy) is 1. The Bertz CT molecular complexity index is 566. The number of fused-ring (bicyclic) bond motifs is 1. The number of hydrogen-bond donors (Lipinski definition) is 0. The second-order valence-electron chi connectivity index (χ2n) is 4.89. The van der Waals surface area contributed by atoms with E-state index in [1.54, 1.807) is 0 Å². The van der Waals surface area contributed by atoms with Crippen LogP contribution in [0.4, 0.5) is 0 Å². The molecule has 0 bridgehead atoms. The average Bonchev–Trinajstić information content (AvgIpc) is 2.73. The standard InChI is InChI=1S/C15H18O3/c1-9(2)13(15(16)17-4)12-8-11-7-5-6-10(3)14(11)18-12/h5-9,13H,1-4H3. The topological polar surface area (TPSA) is 39.4 Å². The third-order valence-corrected chi connectivity index (χ3v) is 3.19. The summed E-state index contributed by atoms with van der Waals surface area (Å²) in [5.41, 5.74) is 1.92. The van der Waals surface area contributed by atoms with Gasteiger partial charge in [0.1, 0.15) is 17.3 Å². The van der Waals surface area contributed by atoms with Crippen LogP contribution in [0.25, 0.3) is 11.0 Å². The van der Waals surface area contributed by atoms with Crippen LogP contribution >= 0.6 is 0 Å². The van der Waals surface area contributed by atoms with E-state index < -0.39 is 0 Å². The molecule has 0 radical (unpaired) electrons.